The summed E-state index contributed by atoms with van der Waals surface area (Å²) in [6.45, 7) is 1.47. The number of hydrogen-bond acceptors (Lipinski definition) is 3. The number of nitrogens with two attached hydrogens (primary N) is 1. The van der Waals surface area contributed by atoms with Crippen LogP contribution in [0.25, 0.3) is 0 Å². The predicted molar refractivity (Wildman–Crippen MR) is 59.5 cm³/mol. The molecule has 0 radical (unpaired) electrons. The molecule has 0 saturated carbocycles. The second-order valence-electron chi connectivity index (χ2n) is 3.74. The van der Waals surface area contributed by atoms with Crippen LogP contribution in [0, 0.1) is 0 Å². The first-order valence-electron chi connectivity index (χ1n) is 4.96. The van der Waals surface area contributed by atoms with Crippen LogP contribution in [-0.4, -0.2) is 29.9 Å². The molecule has 1 fully saturated rings. The van der Waals surface area contributed by atoms with Crippen molar-refractivity contribution >= 4 is 21.8 Å². The third-order valence-electron chi connectivity index (χ3n) is 2.68. The van der Waals surface area contributed by atoms with Gasteiger partial charge in [0, 0.05) is 19.1 Å². The molecule has 2 heterocycles. The van der Waals surface area contributed by atoms with Gasteiger partial charge in [0.05, 0.1) is 11.8 Å². The fourth-order valence-electron chi connectivity index (χ4n) is 1.72. The summed E-state index contributed by atoms with van der Waals surface area (Å²) in [5.74, 6) is 0.0162. The van der Waals surface area contributed by atoms with Gasteiger partial charge in [-0.05, 0) is 34.8 Å². The maximum absolute atomic E-state index is 12.0. The summed E-state index contributed by atoms with van der Waals surface area (Å²) < 4.78 is 5.54. The molecule has 4 nitrogen and oxygen atoms in total. The molecule has 0 unspecified atom stereocenters. The quantitative estimate of drug-likeness (QED) is 0.845. The van der Waals surface area contributed by atoms with Gasteiger partial charge in [0.2, 0.25) is 0 Å². The maximum atomic E-state index is 12.0. The molecule has 2 rings (SSSR count). The largest absolute Gasteiger partial charge is 0.457 e. The summed E-state index contributed by atoms with van der Waals surface area (Å²) in [4.78, 5) is 13.8. The van der Waals surface area contributed by atoms with Gasteiger partial charge >= 0.3 is 0 Å². The van der Waals surface area contributed by atoms with Crippen LogP contribution in [0.15, 0.2) is 21.4 Å². The number of furan rings is 1. The maximum Gasteiger partial charge on any atom is 0.258 e. The van der Waals surface area contributed by atoms with E-state index in [1.807, 2.05) is 4.90 Å². The van der Waals surface area contributed by atoms with Gasteiger partial charge in [-0.15, -0.1) is 0 Å². The minimum absolute atomic E-state index is 0.0162. The number of carbonyl (C=O) groups is 1. The van der Waals surface area contributed by atoms with Crippen molar-refractivity contribution in [1.29, 1.82) is 0 Å². The standard InChI is InChI=1S/C10H13BrN2O2/c11-9-8(3-6-15-9)10(14)13-4-1-7(12)2-5-13/h3,6-7H,1-2,4-5,12H2. The van der Waals surface area contributed by atoms with Gasteiger partial charge in [-0.25, -0.2) is 0 Å². The highest BCUT2D eigenvalue weighted by atomic mass is 79.9. The molecule has 2 N–H and O–H groups in total. The lowest BCUT2D eigenvalue weighted by Crippen LogP contribution is -2.42. The zero-order valence-electron chi connectivity index (χ0n) is 8.28. The van der Waals surface area contributed by atoms with E-state index in [1.54, 1.807) is 6.07 Å². The summed E-state index contributed by atoms with van der Waals surface area (Å²) in [5.41, 5.74) is 6.37. The van der Waals surface area contributed by atoms with Crippen LogP contribution in [0.2, 0.25) is 0 Å². The van der Waals surface area contributed by atoms with Crippen LogP contribution in [0.3, 0.4) is 0 Å². The Morgan fingerprint density at radius 2 is 2.20 bits per heavy atom. The van der Waals surface area contributed by atoms with Gasteiger partial charge in [0.15, 0.2) is 4.67 Å². The fourth-order valence-corrected chi connectivity index (χ4v) is 2.13. The number of nitrogens with zero attached hydrogens (tertiary/aromatic N) is 1. The zero-order valence-corrected chi connectivity index (χ0v) is 9.87. The first-order valence-corrected chi connectivity index (χ1v) is 5.75. The molecule has 0 aliphatic carbocycles. The van der Waals surface area contributed by atoms with Crippen molar-refractivity contribution in [3.05, 3.63) is 22.6 Å². The highest BCUT2D eigenvalue weighted by molar-refractivity contribution is 9.10. The van der Waals surface area contributed by atoms with Crippen LogP contribution in [-0.2, 0) is 0 Å². The van der Waals surface area contributed by atoms with Crippen molar-refractivity contribution in [2.45, 2.75) is 18.9 Å². The van der Waals surface area contributed by atoms with Crippen LogP contribution in [0.5, 0.6) is 0 Å². The van der Waals surface area contributed by atoms with E-state index >= 15 is 0 Å². The number of hydrogen-bond donors (Lipinski definition) is 1. The molecule has 1 amide bonds. The van der Waals surface area contributed by atoms with Gasteiger partial charge in [0.1, 0.15) is 0 Å². The van der Waals surface area contributed by atoms with Crippen molar-refractivity contribution in [3.8, 4) is 0 Å². The number of halogens is 1. The van der Waals surface area contributed by atoms with E-state index in [0.29, 0.717) is 10.2 Å². The molecule has 5 heteroatoms. The molecule has 1 aliphatic heterocycles. The van der Waals surface area contributed by atoms with Gasteiger partial charge in [0.25, 0.3) is 5.91 Å². The molecular formula is C10H13BrN2O2. The van der Waals surface area contributed by atoms with E-state index in [-0.39, 0.29) is 11.9 Å². The Kier molecular flexibility index (Phi) is 3.11. The predicted octanol–water partition coefficient (Wildman–Crippen LogP) is 1.61. The molecule has 0 spiro atoms. The van der Waals surface area contributed by atoms with E-state index in [2.05, 4.69) is 15.9 Å². The highest BCUT2D eigenvalue weighted by Crippen LogP contribution is 2.21. The summed E-state index contributed by atoms with van der Waals surface area (Å²) in [6, 6.07) is 1.92. The molecule has 1 aliphatic rings. The average molecular weight is 273 g/mol. The lowest BCUT2D eigenvalue weighted by Gasteiger charge is -2.29. The van der Waals surface area contributed by atoms with Gasteiger partial charge in [-0.1, -0.05) is 0 Å². The molecule has 1 aromatic rings. The Morgan fingerprint density at radius 3 is 2.73 bits per heavy atom. The van der Waals surface area contributed by atoms with E-state index in [9.17, 15) is 4.79 Å². The van der Waals surface area contributed by atoms with E-state index < -0.39 is 0 Å². The first-order chi connectivity index (χ1) is 7.18. The third kappa shape index (κ3) is 2.23. The Balaban J connectivity index is 2.06. The van der Waals surface area contributed by atoms with Crippen LogP contribution in [0.1, 0.15) is 23.2 Å². The number of likely N-dealkylation sites (tertiary alicyclic amines) is 1. The summed E-state index contributed by atoms with van der Waals surface area (Å²) >= 11 is 3.21. The first kappa shape index (κ1) is 10.7. The number of piperidine rings is 1. The lowest BCUT2D eigenvalue weighted by molar-refractivity contribution is 0.0712. The Bertz CT molecular complexity index is 356. The normalized spacial score (nSPS) is 18.1. The zero-order chi connectivity index (χ0) is 10.8. The van der Waals surface area contributed by atoms with Gasteiger partial charge in [-0.3, -0.25) is 4.79 Å². The van der Waals surface area contributed by atoms with Gasteiger partial charge < -0.3 is 15.1 Å². The Labute approximate surface area is 96.5 Å². The molecule has 1 saturated heterocycles. The average Bonchev–Trinajstić information content (AvgIpc) is 2.65. The number of amides is 1. The smallest absolute Gasteiger partial charge is 0.258 e. The van der Waals surface area contributed by atoms with Crippen molar-refractivity contribution < 1.29 is 9.21 Å². The molecule has 0 bridgehead atoms. The Morgan fingerprint density at radius 1 is 1.53 bits per heavy atom. The van der Waals surface area contributed by atoms with E-state index in [0.717, 1.165) is 25.9 Å². The van der Waals surface area contributed by atoms with Crippen molar-refractivity contribution in [2.75, 3.05) is 13.1 Å². The molecule has 0 atom stereocenters. The van der Waals surface area contributed by atoms with Crippen LogP contribution in [0.4, 0.5) is 0 Å². The molecule has 82 valence electrons. The molecule has 1 aromatic heterocycles. The topological polar surface area (TPSA) is 59.5 Å². The second kappa shape index (κ2) is 4.37. The molecule has 0 aromatic carbocycles. The van der Waals surface area contributed by atoms with E-state index in [4.69, 9.17) is 10.2 Å². The second-order valence-corrected chi connectivity index (χ2v) is 4.46. The van der Waals surface area contributed by atoms with Gasteiger partial charge in [-0.2, -0.15) is 0 Å². The summed E-state index contributed by atoms with van der Waals surface area (Å²) in [6.07, 6.45) is 3.26. The number of rotatable bonds is 1. The Hall–Kier alpha value is -0.810. The van der Waals surface area contributed by atoms with Crippen molar-refractivity contribution in [2.24, 2.45) is 5.73 Å². The fraction of sp³-hybridized carbons (Fsp3) is 0.500. The molecule has 15 heavy (non-hydrogen) atoms. The summed E-state index contributed by atoms with van der Waals surface area (Å²) in [5, 5.41) is 0. The SMILES string of the molecule is NC1CCN(C(=O)c2ccoc2Br)CC1. The van der Waals surface area contributed by atoms with E-state index in [1.165, 1.54) is 6.26 Å². The van der Waals surface area contributed by atoms with Crippen LogP contribution < -0.4 is 5.73 Å². The van der Waals surface area contributed by atoms with Crippen LogP contribution >= 0.6 is 15.9 Å². The minimum Gasteiger partial charge on any atom is -0.457 e. The lowest BCUT2D eigenvalue weighted by atomic mass is 10.1. The monoisotopic (exact) mass is 272 g/mol. The molecular weight excluding hydrogens is 260 g/mol. The summed E-state index contributed by atoms with van der Waals surface area (Å²) in [7, 11) is 0. The highest BCUT2D eigenvalue weighted by Gasteiger charge is 2.23. The number of carbonyl (C=O) groups excluding carboxylic acids is 1. The van der Waals surface area contributed by atoms with Crippen molar-refractivity contribution in [3.63, 3.8) is 0 Å². The minimum atomic E-state index is 0.0162. The third-order valence-corrected chi connectivity index (χ3v) is 3.29. The van der Waals surface area contributed by atoms with Crippen molar-refractivity contribution in [1.82, 2.24) is 4.90 Å².